The molecule has 1 aliphatic heterocycles. The molecule has 0 unspecified atom stereocenters. The summed E-state index contributed by atoms with van der Waals surface area (Å²) < 4.78 is 1.84. The van der Waals surface area contributed by atoms with Crippen molar-refractivity contribution in [2.45, 2.75) is 26.7 Å². The lowest BCUT2D eigenvalue weighted by atomic mass is 10.1. The third-order valence-corrected chi connectivity index (χ3v) is 4.18. The molecule has 0 bridgehead atoms. The second kappa shape index (κ2) is 10.9. The van der Waals surface area contributed by atoms with E-state index in [1.807, 2.05) is 25.6 Å². The number of rotatable bonds is 6. The molecule has 8 heteroatoms. The van der Waals surface area contributed by atoms with Gasteiger partial charge in [-0.2, -0.15) is 5.10 Å². The van der Waals surface area contributed by atoms with Crippen LogP contribution in [0.5, 0.6) is 0 Å². The first-order valence-corrected chi connectivity index (χ1v) is 7.77. The van der Waals surface area contributed by atoms with Crippen LogP contribution in [0.25, 0.3) is 0 Å². The first-order chi connectivity index (χ1) is 10.1. The molecule has 6 nitrogen and oxygen atoms in total. The molecule has 0 saturated carbocycles. The zero-order valence-electron chi connectivity index (χ0n) is 14.2. The SMILES string of the molecule is Cc1nn(C)c(C)c1CC(=O)NCCCN1CCNCC1.Cl.Cl. The third kappa shape index (κ3) is 6.67. The lowest BCUT2D eigenvalue weighted by Gasteiger charge is -2.27. The van der Waals surface area contributed by atoms with Gasteiger partial charge in [-0.25, -0.2) is 0 Å². The Labute approximate surface area is 151 Å². The number of aromatic nitrogens is 2. The van der Waals surface area contributed by atoms with E-state index in [9.17, 15) is 4.79 Å². The smallest absolute Gasteiger partial charge is 0.224 e. The molecule has 0 aliphatic carbocycles. The number of amides is 1. The first kappa shape index (κ1) is 22.2. The van der Waals surface area contributed by atoms with Crippen molar-refractivity contribution in [1.82, 2.24) is 25.3 Å². The van der Waals surface area contributed by atoms with Crippen LogP contribution in [0.4, 0.5) is 0 Å². The highest BCUT2D eigenvalue weighted by Crippen LogP contribution is 2.12. The zero-order valence-corrected chi connectivity index (χ0v) is 15.9. The molecule has 1 aromatic rings. The molecular weight excluding hydrogens is 337 g/mol. The fraction of sp³-hybridized carbons (Fsp3) is 0.733. The van der Waals surface area contributed by atoms with Crippen LogP contribution in [0.2, 0.25) is 0 Å². The number of hydrogen-bond acceptors (Lipinski definition) is 4. The highest BCUT2D eigenvalue weighted by molar-refractivity contribution is 5.85. The lowest BCUT2D eigenvalue weighted by molar-refractivity contribution is -0.120. The normalized spacial score (nSPS) is 14.7. The van der Waals surface area contributed by atoms with E-state index >= 15 is 0 Å². The van der Waals surface area contributed by atoms with Crippen LogP contribution in [-0.2, 0) is 18.3 Å². The van der Waals surface area contributed by atoms with Crippen molar-refractivity contribution in [3.05, 3.63) is 17.0 Å². The lowest BCUT2D eigenvalue weighted by Crippen LogP contribution is -2.44. The Morgan fingerprint density at radius 1 is 1.26 bits per heavy atom. The Balaban J connectivity index is 0.00000242. The summed E-state index contributed by atoms with van der Waals surface area (Å²) in [5.74, 6) is 0.0921. The standard InChI is InChI=1S/C15H27N5O.2ClH/c1-12-14(13(2)19(3)18-12)11-15(21)17-5-4-8-20-9-6-16-7-10-20;;/h16H,4-11H2,1-3H3,(H,17,21);2*1H. The molecule has 1 saturated heterocycles. The first-order valence-electron chi connectivity index (χ1n) is 7.77. The Morgan fingerprint density at radius 3 is 2.48 bits per heavy atom. The minimum Gasteiger partial charge on any atom is -0.356 e. The van der Waals surface area contributed by atoms with E-state index in [1.165, 1.54) is 0 Å². The predicted molar refractivity (Wildman–Crippen MR) is 97.8 cm³/mol. The molecule has 1 amide bonds. The third-order valence-electron chi connectivity index (χ3n) is 4.18. The molecule has 1 aliphatic rings. The quantitative estimate of drug-likeness (QED) is 0.733. The van der Waals surface area contributed by atoms with Crippen LogP contribution in [-0.4, -0.2) is 59.9 Å². The van der Waals surface area contributed by atoms with Crippen LogP contribution >= 0.6 is 24.8 Å². The van der Waals surface area contributed by atoms with Crippen molar-refractivity contribution in [2.24, 2.45) is 7.05 Å². The van der Waals surface area contributed by atoms with E-state index in [-0.39, 0.29) is 30.7 Å². The van der Waals surface area contributed by atoms with Crippen LogP contribution in [0.3, 0.4) is 0 Å². The van der Waals surface area contributed by atoms with Crippen molar-refractivity contribution in [3.63, 3.8) is 0 Å². The van der Waals surface area contributed by atoms with E-state index in [2.05, 4.69) is 20.6 Å². The van der Waals surface area contributed by atoms with E-state index in [0.29, 0.717) is 6.42 Å². The Kier molecular flexibility index (Phi) is 10.5. The number of nitrogens with one attached hydrogen (secondary N) is 2. The van der Waals surface area contributed by atoms with E-state index in [1.54, 1.807) is 0 Å². The number of piperazine rings is 1. The monoisotopic (exact) mass is 365 g/mol. The molecule has 1 aromatic heterocycles. The maximum Gasteiger partial charge on any atom is 0.224 e. The summed E-state index contributed by atoms with van der Waals surface area (Å²) in [7, 11) is 1.91. The van der Waals surface area contributed by atoms with Crippen molar-refractivity contribution in [2.75, 3.05) is 39.3 Å². The van der Waals surface area contributed by atoms with Gasteiger partial charge >= 0.3 is 0 Å². The maximum absolute atomic E-state index is 12.0. The van der Waals surface area contributed by atoms with Crippen molar-refractivity contribution in [1.29, 1.82) is 0 Å². The molecule has 0 radical (unpaired) electrons. The van der Waals surface area contributed by atoms with Gasteiger partial charge in [-0.05, 0) is 26.8 Å². The highest BCUT2D eigenvalue weighted by Gasteiger charge is 2.13. The van der Waals surface area contributed by atoms with Crippen LogP contribution in [0, 0.1) is 13.8 Å². The summed E-state index contributed by atoms with van der Waals surface area (Å²) in [6, 6.07) is 0. The molecule has 2 rings (SSSR count). The number of aryl methyl sites for hydroxylation is 2. The van der Waals surface area contributed by atoms with Gasteiger partial charge in [0.05, 0.1) is 12.1 Å². The van der Waals surface area contributed by atoms with Gasteiger partial charge in [0.25, 0.3) is 0 Å². The largest absolute Gasteiger partial charge is 0.356 e. The molecule has 1 fully saturated rings. The van der Waals surface area contributed by atoms with Gasteiger partial charge < -0.3 is 15.5 Å². The highest BCUT2D eigenvalue weighted by atomic mass is 35.5. The summed E-state index contributed by atoms with van der Waals surface area (Å²) in [6.07, 6.45) is 1.44. The fourth-order valence-corrected chi connectivity index (χ4v) is 2.76. The maximum atomic E-state index is 12.0. The average Bonchev–Trinajstić information content (AvgIpc) is 2.71. The summed E-state index contributed by atoms with van der Waals surface area (Å²) in [6.45, 7) is 10.2. The molecule has 23 heavy (non-hydrogen) atoms. The Bertz CT molecular complexity index is 486. The van der Waals surface area contributed by atoms with Crippen LogP contribution in [0.15, 0.2) is 0 Å². The summed E-state index contributed by atoms with van der Waals surface area (Å²) >= 11 is 0. The molecule has 0 aromatic carbocycles. The fourth-order valence-electron chi connectivity index (χ4n) is 2.76. The molecule has 0 atom stereocenters. The number of halogens is 2. The Hall–Kier alpha value is -0.820. The number of carbonyl (C=O) groups is 1. The molecule has 0 spiro atoms. The number of hydrogen-bond donors (Lipinski definition) is 2. The topological polar surface area (TPSA) is 62.2 Å². The van der Waals surface area contributed by atoms with E-state index in [4.69, 9.17) is 0 Å². The van der Waals surface area contributed by atoms with Gasteiger partial charge in [0.1, 0.15) is 0 Å². The van der Waals surface area contributed by atoms with Crippen LogP contribution < -0.4 is 10.6 Å². The van der Waals surface area contributed by atoms with Crippen molar-refractivity contribution in [3.8, 4) is 0 Å². The van der Waals surface area contributed by atoms with Gasteiger partial charge in [-0.1, -0.05) is 0 Å². The van der Waals surface area contributed by atoms with Gasteiger partial charge in [0.15, 0.2) is 0 Å². The average molecular weight is 366 g/mol. The van der Waals surface area contributed by atoms with Gasteiger partial charge in [0, 0.05) is 51.0 Å². The zero-order chi connectivity index (χ0) is 15.2. The van der Waals surface area contributed by atoms with Crippen molar-refractivity contribution >= 4 is 30.7 Å². The summed E-state index contributed by atoms with van der Waals surface area (Å²) in [4.78, 5) is 14.4. The van der Waals surface area contributed by atoms with Crippen molar-refractivity contribution < 1.29 is 4.79 Å². The second-order valence-corrected chi connectivity index (χ2v) is 5.74. The van der Waals surface area contributed by atoms with Gasteiger partial charge in [-0.15, -0.1) is 24.8 Å². The van der Waals surface area contributed by atoms with Gasteiger partial charge in [-0.3, -0.25) is 9.48 Å². The molecule has 2 N–H and O–H groups in total. The van der Waals surface area contributed by atoms with Crippen LogP contribution in [0.1, 0.15) is 23.4 Å². The number of nitrogens with zero attached hydrogens (tertiary/aromatic N) is 3. The predicted octanol–water partition coefficient (Wildman–Crippen LogP) is 0.835. The van der Waals surface area contributed by atoms with Gasteiger partial charge in [0.2, 0.25) is 5.91 Å². The van der Waals surface area contributed by atoms with E-state index in [0.717, 1.165) is 62.6 Å². The minimum atomic E-state index is 0. The van der Waals surface area contributed by atoms with E-state index < -0.39 is 0 Å². The second-order valence-electron chi connectivity index (χ2n) is 5.74. The molecular formula is C15H29Cl2N5O. The Morgan fingerprint density at radius 2 is 1.91 bits per heavy atom. The molecule has 134 valence electrons. The minimum absolute atomic E-state index is 0. The molecule has 2 heterocycles. The number of carbonyl (C=O) groups excluding carboxylic acids is 1. The summed E-state index contributed by atoms with van der Waals surface area (Å²) in [5, 5.41) is 10.7. The summed E-state index contributed by atoms with van der Waals surface area (Å²) in [5.41, 5.74) is 3.08.